The molecule has 0 saturated carbocycles. The van der Waals surface area contributed by atoms with E-state index in [0.717, 1.165) is 19.4 Å². The number of piperidine rings is 1. The van der Waals surface area contributed by atoms with Gasteiger partial charge in [-0.2, -0.15) is 8.78 Å². The second-order valence-corrected chi connectivity index (χ2v) is 5.55. The molecule has 0 spiro atoms. The maximum absolute atomic E-state index is 12.6. The zero-order valence-corrected chi connectivity index (χ0v) is 11.6. The number of nitrogens with zero attached hydrogens (tertiary/aromatic N) is 1. The Bertz CT molecular complexity index is 510. The summed E-state index contributed by atoms with van der Waals surface area (Å²) >= 11 is 0. The number of nitrogens with one attached hydrogen (secondary N) is 1. The van der Waals surface area contributed by atoms with Gasteiger partial charge < -0.3 is 15.0 Å². The fraction of sp³-hybridized carbons (Fsp3) is 0.533. The molecule has 2 fully saturated rings. The van der Waals surface area contributed by atoms with Gasteiger partial charge in [0, 0.05) is 19.1 Å². The van der Waals surface area contributed by atoms with E-state index in [1.54, 1.807) is 17.0 Å². The Labute approximate surface area is 122 Å². The molecule has 0 aliphatic carbocycles. The molecule has 2 atom stereocenters. The first-order valence-corrected chi connectivity index (χ1v) is 7.21. The zero-order chi connectivity index (χ0) is 14.8. The summed E-state index contributed by atoms with van der Waals surface area (Å²) in [4.78, 5) is 14.3. The molecular formula is C15H18F2N2O2. The highest BCUT2D eigenvalue weighted by atomic mass is 19.3. The lowest BCUT2D eigenvalue weighted by Crippen LogP contribution is -2.41. The number of benzene rings is 1. The van der Waals surface area contributed by atoms with Crippen LogP contribution in [0.5, 0.6) is 5.75 Å². The van der Waals surface area contributed by atoms with Crippen LogP contribution in [0.1, 0.15) is 23.2 Å². The lowest BCUT2D eigenvalue weighted by molar-refractivity contribution is -0.0502. The summed E-state index contributed by atoms with van der Waals surface area (Å²) in [6.07, 6.45) is 2.23. The number of halogens is 2. The topological polar surface area (TPSA) is 41.6 Å². The molecule has 2 aliphatic rings. The van der Waals surface area contributed by atoms with Gasteiger partial charge in [0.2, 0.25) is 0 Å². The molecule has 1 amide bonds. The Kier molecular flexibility index (Phi) is 4.05. The van der Waals surface area contributed by atoms with Crippen molar-refractivity contribution < 1.29 is 18.3 Å². The summed E-state index contributed by atoms with van der Waals surface area (Å²) in [5.74, 6) is 0.175. The van der Waals surface area contributed by atoms with E-state index in [0.29, 0.717) is 25.0 Å². The van der Waals surface area contributed by atoms with Gasteiger partial charge in [-0.05, 0) is 37.4 Å². The van der Waals surface area contributed by atoms with E-state index in [-0.39, 0.29) is 17.2 Å². The summed E-state index contributed by atoms with van der Waals surface area (Å²) in [5, 5.41) is 3.42. The molecule has 1 aromatic rings. The van der Waals surface area contributed by atoms with Gasteiger partial charge in [0.05, 0.1) is 5.56 Å². The highest BCUT2D eigenvalue weighted by molar-refractivity contribution is 5.97. The van der Waals surface area contributed by atoms with Crippen LogP contribution in [-0.4, -0.2) is 43.1 Å². The first-order chi connectivity index (χ1) is 10.1. The second-order valence-electron chi connectivity index (χ2n) is 5.55. The van der Waals surface area contributed by atoms with E-state index in [1.807, 2.05) is 0 Å². The summed E-state index contributed by atoms with van der Waals surface area (Å²) in [6.45, 7) is -0.637. The third-order valence-electron chi connectivity index (χ3n) is 4.22. The van der Waals surface area contributed by atoms with Gasteiger partial charge in [0.15, 0.2) is 0 Å². The van der Waals surface area contributed by atoms with Crippen molar-refractivity contribution in [1.82, 2.24) is 10.2 Å². The molecule has 0 radical (unpaired) electrons. The molecule has 2 heterocycles. The van der Waals surface area contributed by atoms with Crippen molar-refractivity contribution in [3.63, 3.8) is 0 Å². The van der Waals surface area contributed by atoms with Gasteiger partial charge in [0.25, 0.3) is 5.91 Å². The lowest BCUT2D eigenvalue weighted by atomic mass is 9.94. The Morgan fingerprint density at radius 1 is 1.33 bits per heavy atom. The number of hydrogen-bond acceptors (Lipinski definition) is 3. The molecule has 6 heteroatoms. The first-order valence-electron chi connectivity index (χ1n) is 7.21. The van der Waals surface area contributed by atoms with Crippen LogP contribution in [-0.2, 0) is 0 Å². The van der Waals surface area contributed by atoms with Gasteiger partial charge in [0.1, 0.15) is 5.75 Å². The lowest BCUT2D eigenvalue weighted by Gasteiger charge is -2.24. The number of likely N-dealkylation sites (tertiary alicyclic amines) is 1. The highest BCUT2D eigenvalue weighted by Crippen LogP contribution is 2.28. The van der Waals surface area contributed by atoms with Crippen molar-refractivity contribution in [2.45, 2.75) is 25.5 Å². The first kappa shape index (κ1) is 14.3. The number of fused-ring (bicyclic) bond motifs is 1. The van der Waals surface area contributed by atoms with Crippen LogP contribution < -0.4 is 10.1 Å². The van der Waals surface area contributed by atoms with Gasteiger partial charge in [-0.25, -0.2) is 0 Å². The Hall–Kier alpha value is -1.69. The quantitative estimate of drug-likeness (QED) is 0.929. The van der Waals surface area contributed by atoms with Crippen molar-refractivity contribution in [1.29, 1.82) is 0 Å². The molecule has 0 unspecified atom stereocenters. The van der Waals surface area contributed by atoms with Crippen molar-refractivity contribution in [2.24, 2.45) is 5.92 Å². The molecule has 114 valence electrons. The Balaban J connectivity index is 1.76. The fourth-order valence-electron chi connectivity index (χ4n) is 3.22. The molecule has 2 saturated heterocycles. The number of alkyl halides is 2. The van der Waals surface area contributed by atoms with E-state index in [4.69, 9.17) is 0 Å². The van der Waals surface area contributed by atoms with Gasteiger partial charge >= 0.3 is 6.61 Å². The maximum atomic E-state index is 12.6. The molecule has 0 aromatic heterocycles. The Morgan fingerprint density at radius 3 is 2.90 bits per heavy atom. The van der Waals surface area contributed by atoms with Crippen molar-refractivity contribution in [3.8, 4) is 5.75 Å². The van der Waals surface area contributed by atoms with Crippen LogP contribution in [0.15, 0.2) is 24.3 Å². The standard InChI is InChI=1S/C15H18F2N2O2/c16-15(17)21-13-6-2-1-5-11(13)14(20)19-8-10-4-3-7-18-12(10)9-19/h1-2,5-6,10,12,15,18H,3-4,7-9H2/t10-,12+/m0/s1. The minimum Gasteiger partial charge on any atom is -0.434 e. The molecule has 3 rings (SSSR count). The van der Waals surface area contributed by atoms with Gasteiger partial charge in [-0.15, -0.1) is 0 Å². The molecule has 21 heavy (non-hydrogen) atoms. The third kappa shape index (κ3) is 3.00. The number of amides is 1. The predicted molar refractivity (Wildman–Crippen MR) is 73.5 cm³/mol. The monoisotopic (exact) mass is 296 g/mol. The number of para-hydroxylation sites is 1. The van der Waals surface area contributed by atoms with E-state index in [9.17, 15) is 13.6 Å². The van der Waals surface area contributed by atoms with E-state index >= 15 is 0 Å². The summed E-state index contributed by atoms with van der Waals surface area (Å²) < 4.78 is 29.3. The summed E-state index contributed by atoms with van der Waals surface area (Å²) in [6, 6.07) is 6.51. The molecule has 0 bridgehead atoms. The highest BCUT2D eigenvalue weighted by Gasteiger charge is 2.37. The smallest absolute Gasteiger partial charge is 0.387 e. The maximum Gasteiger partial charge on any atom is 0.387 e. The van der Waals surface area contributed by atoms with Crippen molar-refractivity contribution in [2.75, 3.05) is 19.6 Å². The fourth-order valence-corrected chi connectivity index (χ4v) is 3.22. The van der Waals surface area contributed by atoms with E-state index in [2.05, 4.69) is 10.1 Å². The van der Waals surface area contributed by atoms with Gasteiger partial charge in [-0.1, -0.05) is 12.1 Å². The number of carbonyl (C=O) groups is 1. The number of rotatable bonds is 3. The number of hydrogen-bond donors (Lipinski definition) is 1. The molecule has 1 aromatic carbocycles. The van der Waals surface area contributed by atoms with Crippen molar-refractivity contribution in [3.05, 3.63) is 29.8 Å². The van der Waals surface area contributed by atoms with Gasteiger partial charge in [-0.3, -0.25) is 4.79 Å². The van der Waals surface area contributed by atoms with Crippen LogP contribution in [0.3, 0.4) is 0 Å². The molecular weight excluding hydrogens is 278 g/mol. The summed E-state index contributed by atoms with van der Waals surface area (Å²) in [7, 11) is 0. The minimum absolute atomic E-state index is 0.0552. The minimum atomic E-state index is -2.93. The summed E-state index contributed by atoms with van der Waals surface area (Å²) in [5.41, 5.74) is 0.205. The zero-order valence-electron chi connectivity index (χ0n) is 11.6. The van der Waals surface area contributed by atoms with Crippen LogP contribution in [0.2, 0.25) is 0 Å². The number of ether oxygens (including phenoxy) is 1. The molecule has 1 N–H and O–H groups in total. The predicted octanol–water partition coefficient (Wildman–Crippen LogP) is 2.11. The van der Waals surface area contributed by atoms with Crippen molar-refractivity contribution >= 4 is 5.91 Å². The average Bonchev–Trinajstić information content (AvgIpc) is 2.90. The third-order valence-corrected chi connectivity index (χ3v) is 4.22. The van der Waals surface area contributed by atoms with Crippen LogP contribution in [0, 0.1) is 5.92 Å². The van der Waals surface area contributed by atoms with E-state index < -0.39 is 6.61 Å². The Morgan fingerprint density at radius 2 is 2.14 bits per heavy atom. The second kappa shape index (κ2) is 5.97. The molecule has 2 aliphatic heterocycles. The van der Waals surface area contributed by atoms with Crippen LogP contribution in [0.4, 0.5) is 8.78 Å². The SMILES string of the molecule is O=C(c1ccccc1OC(F)F)N1C[C@@H]2CCCN[C@@H]2C1. The van der Waals surface area contributed by atoms with Crippen LogP contribution >= 0.6 is 0 Å². The van der Waals surface area contributed by atoms with E-state index in [1.165, 1.54) is 12.1 Å². The molecule has 4 nitrogen and oxygen atoms in total. The normalized spacial score (nSPS) is 25.0. The number of carbonyl (C=O) groups excluding carboxylic acids is 1. The largest absolute Gasteiger partial charge is 0.434 e. The van der Waals surface area contributed by atoms with Crippen LogP contribution in [0.25, 0.3) is 0 Å². The average molecular weight is 296 g/mol.